The first kappa shape index (κ1) is 21.6. The number of hydrogen-bond acceptors (Lipinski definition) is 1. The molecule has 0 bridgehead atoms. The maximum Gasteiger partial charge on any atom is 0.0639 e. The summed E-state index contributed by atoms with van der Waals surface area (Å²) in [6.45, 7) is 17.4. The molecule has 0 saturated heterocycles. The van der Waals surface area contributed by atoms with E-state index in [-0.39, 0.29) is 0 Å². The Balaban J connectivity index is 2.90. The van der Waals surface area contributed by atoms with Crippen molar-refractivity contribution in [3.8, 4) is 0 Å². The number of rotatable bonds is 10. The van der Waals surface area contributed by atoms with Gasteiger partial charge in [0.2, 0.25) is 0 Å². The van der Waals surface area contributed by atoms with Crippen LogP contribution in [0.25, 0.3) is 0 Å². The van der Waals surface area contributed by atoms with Crippen LogP contribution in [-0.2, 0) is 0 Å². The van der Waals surface area contributed by atoms with Gasteiger partial charge in [-0.3, -0.25) is 4.99 Å². The Kier molecular flexibility index (Phi) is 10.3. The molecular formula is C26H27N. The molecule has 0 radical (unpaired) electrons. The Morgan fingerprint density at radius 1 is 1.11 bits per heavy atom. The molecular weight excluding hydrogens is 326 g/mol. The fourth-order valence-corrected chi connectivity index (χ4v) is 2.14. The molecule has 0 N–H and O–H groups in total. The van der Waals surface area contributed by atoms with Gasteiger partial charge in [0, 0.05) is 12.5 Å². The highest BCUT2D eigenvalue weighted by Crippen LogP contribution is 2.14. The van der Waals surface area contributed by atoms with E-state index in [1.807, 2.05) is 73.8 Å². The van der Waals surface area contributed by atoms with Crippen LogP contribution in [0.1, 0.15) is 13.3 Å². The van der Waals surface area contributed by atoms with Crippen LogP contribution in [0.4, 0.5) is 0 Å². The van der Waals surface area contributed by atoms with Crippen molar-refractivity contribution in [2.24, 2.45) is 4.99 Å². The summed E-state index contributed by atoms with van der Waals surface area (Å²) in [5.41, 5.74) is 7.92. The molecule has 1 aliphatic heterocycles. The van der Waals surface area contributed by atoms with Crippen LogP contribution in [0.3, 0.4) is 0 Å². The second kappa shape index (κ2) is 12.9. The van der Waals surface area contributed by atoms with Gasteiger partial charge < -0.3 is 0 Å². The third-order valence-corrected chi connectivity index (χ3v) is 3.55. The summed E-state index contributed by atoms with van der Waals surface area (Å²) in [4.78, 5) is 4.67. The zero-order valence-corrected chi connectivity index (χ0v) is 16.1. The van der Waals surface area contributed by atoms with E-state index in [4.69, 9.17) is 0 Å². The van der Waals surface area contributed by atoms with Crippen LogP contribution in [0.2, 0.25) is 0 Å². The highest BCUT2D eigenvalue weighted by molar-refractivity contribution is 5.97. The monoisotopic (exact) mass is 353 g/mol. The molecule has 1 aliphatic rings. The minimum Gasteiger partial charge on any atom is -0.252 e. The minimum absolute atomic E-state index is 0.671. The fourth-order valence-electron chi connectivity index (χ4n) is 2.14. The van der Waals surface area contributed by atoms with Crippen LogP contribution in [0.15, 0.2) is 145 Å². The van der Waals surface area contributed by atoms with E-state index in [9.17, 15) is 0 Å². The molecule has 1 nitrogen and oxygen atoms in total. The van der Waals surface area contributed by atoms with E-state index in [0.717, 1.165) is 28.1 Å². The van der Waals surface area contributed by atoms with E-state index in [1.54, 1.807) is 12.2 Å². The van der Waals surface area contributed by atoms with Crippen LogP contribution >= 0.6 is 0 Å². The molecule has 0 atom stereocenters. The molecule has 1 heteroatoms. The average Bonchev–Trinajstić information content (AvgIpc) is 2.89. The molecule has 136 valence electrons. The molecule has 0 fully saturated rings. The van der Waals surface area contributed by atoms with E-state index in [0.29, 0.717) is 6.42 Å². The van der Waals surface area contributed by atoms with Gasteiger partial charge in [-0.1, -0.05) is 92.6 Å². The number of allylic oxidation sites excluding steroid dienone is 16. The van der Waals surface area contributed by atoms with Gasteiger partial charge in [0.1, 0.15) is 0 Å². The smallest absolute Gasteiger partial charge is 0.0639 e. The molecule has 0 unspecified atom stereocenters. The minimum atomic E-state index is 0.671. The number of hydrogen-bond donors (Lipinski definition) is 0. The molecule has 27 heavy (non-hydrogen) atoms. The van der Waals surface area contributed by atoms with Gasteiger partial charge in [-0.15, -0.1) is 5.73 Å². The molecule has 1 heterocycles. The average molecular weight is 354 g/mol. The molecule has 0 aromatic rings. The third-order valence-electron chi connectivity index (χ3n) is 3.55. The maximum atomic E-state index is 4.67. The van der Waals surface area contributed by atoms with Crippen molar-refractivity contribution in [2.75, 3.05) is 0 Å². The summed E-state index contributed by atoms with van der Waals surface area (Å²) < 4.78 is 0. The first-order chi connectivity index (χ1) is 13.1. The largest absolute Gasteiger partial charge is 0.252 e. The third kappa shape index (κ3) is 9.02. The maximum absolute atomic E-state index is 4.67. The first-order valence-corrected chi connectivity index (χ1v) is 8.76. The quantitative estimate of drug-likeness (QED) is 0.294. The van der Waals surface area contributed by atoms with Crippen molar-refractivity contribution >= 4 is 5.71 Å². The van der Waals surface area contributed by atoms with Crippen LogP contribution in [0.5, 0.6) is 0 Å². The Morgan fingerprint density at radius 3 is 2.63 bits per heavy atom. The Morgan fingerprint density at radius 2 is 1.93 bits per heavy atom. The molecule has 0 aromatic heterocycles. The summed E-state index contributed by atoms with van der Waals surface area (Å²) in [6.07, 6.45) is 27.4. The highest BCUT2D eigenvalue weighted by Gasteiger charge is 2.00. The predicted octanol–water partition coefficient (Wildman–Crippen LogP) is 7.08. The van der Waals surface area contributed by atoms with E-state index < -0.39 is 0 Å². The normalized spacial score (nSPS) is 15.1. The van der Waals surface area contributed by atoms with Gasteiger partial charge in [-0.25, -0.2) is 0 Å². The summed E-state index contributed by atoms with van der Waals surface area (Å²) >= 11 is 0. The second-order valence-electron chi connectivity index (χ2n) is 5.72. The van der Waals surface area contributed by atoms with Crippen LogP contribution < -0.4 is 0 Å². The summed E-state index contributed by atoms with van der Waals surface area (Å²) in [7, 11) is 0. The van der Waals surface area contributed by atoms with E-state index in [1.165, 1.54) is 0 Å². The van der Waals surface area contributed by atoms with Crippen molar-refractivity contribution in [1.82, 2.24) is 0 Å². The molecule has 0 aromatic carbocycles. The van der Waals surface area contributed by atoms with Gasteiger partial charge in [-0.05, 0) is 36.3 Å². The van der Waals surface area contributed by atoms with Crippen molar-refractivity contribution in [1.29, 1.82) is 0 Å². The SMILES string of the molecule is C=C/C=C\C=C\C1=CC=C=CC(C/C=C(\C=C)C(=C)/C=C\C(C)=C/C=C)=N1. The molecule has 0 aliphatic carbocycles. The van der Waals surface area contributed by atoms with Gasteiger partial charge in [0.05, 0.1) is 11.4 Å². The van der Waals surface area contributed by atoms with Crippen LogP contribution in [-0.4, -0.2) is 5.71 Å². The Hall–Kier alpha value is -3.41. The summed E-state index contributed by atoms with van der Waals surface area (Å²) in [5, 5.41) is 0. The van der Waals surface area contributed by atoms with Gasteiger partial charge in [0.15, 0.2) is 0 Å². The zero-order valence-electron chi connectivity index (χ0n) is 16.1. The molecule has 0 saturated carbocycles. The molecule has 0 amide bonds. The fraction of sp³-hybridized carbons (Fsp3) is 0.0769. The van der Waals surface area contributed by atoms with Crippen molar-refractivity contribution in [3.63, 3.8) is 0 Å². The van der Waals surface area contributed by atoms with Crippen molar-refractivity contribution < 1.29 is 0 Å². The lowest BCUT2D eigenvalue weighted by molar-refractivity contribution is 1.34. The summed E-state index contributed by atoms with van der Waals surface area (Å²) in [5.74, 6) is 0. The van der Waals surface area contributed by atoms with Crippen molar-refractivity contribution in [2.45, 2.75) is 13.3 Å². The second-order valence-corrected chi connectivity index (χ2v) is 5.72. The predicted molar refractivity (Wildman–Crippen MR) is 122 cm³/mol. The highest BCUT2D eigenvalue weighted by atomic mass is 14.7. The van der Waals surface area contributed by atoms with Gasteiger partial charge in [0.25, 0.3) is 0 Å². The van der Waals surface area contributed by atoms with Crippen molar-refractivity contribution in [3.05, 3.63) is 140 Å². The zero-order chi connectivity index (χ0) is 19.9. The lowest BCUT2D eigenvalue weighted by atomic mass is 10.0. The number of nitrogens with zero attached hydrogens (tertiary/aromatic N) is 1. The standard InChI is InChI=1S/C26H27N/c1-6-9-10-11-15-25-16-12-13-17-26(27-25)21-20-24(8-3)23(5)19-18-22(4)14-7-2/h6-12,14-20H,1-3,5,21H2,4H3/b10-9-,15-11+,19-18-,22-14-,24-20+. The lowest BCUT2D eigenvalue weighted by Crippen LogP contribution is -1.93. The van der Waals surface area contributed by atoms with E-state index in [2.05, 4.69) is 43.1 Å². The lowest BCUT2D eigenvalue weighted by Gasteiger charge is -2.03. The number of aliphatic imine (C=N–C) groups is 1. The van der Waals surface area contributed by atoms with E-state index >= 15 is 0 Å². The van der Waals surface area contributed by atoms with Gasteiger partial charge in [-0.2, -0.15) is 0 Å². The topological polar surface area (TPSA) is 12.4 Å². The van der Waals surface area contributed by atoms with Crippen LogP contribution in [0, 0.1) is 0 Å². The molecule has 0 spiro atoms. The Labute approximate surface area is 163 Å². The Bertz CT molecular complexity index is 852. The molecule has 1 rings (SSSR count). The van der Waals surface area contributed by atoms with Gasteiger partial charge >= 0.3 is 0 Å². The summed E-state index contributed by atoms with van der Waals surface area (Å²) in [6, 6.07) is 0. The first-order valence-electron chi connectivity index (χ1n) is 8.76.